The lowest BCUT2D eigenvalue weighted by molar-refractivity contribution is -0.137. The van der Waals surface area contributed by atoms with Crippen molar-refractivity contribution in [1.29, 1.82) is 0 Å². The highest BCUT2D eigenvalue weighted by Crippen LogP contribution is 2.48. The molecule has 180 valence electrons. The third-order valence-corrected chi connectivity index (χ3v) is 6.08. The normalized spacial score (nSPS) is 16.5. The van der Waals surface area contributed by atoms with E-state index >= 15 is 0 Å². The van der Waals surface area contributed by atoms with Gasteiger partial charge in [0.2, 0.25) is 0 Å². The maximum Gasteiger partial charge on any atom is 0.330 e. The van der Waals surface area contributed by atoms with E-state index in [9.17, 15) is 4.79 Å². The van der Waals surface area contributed by atoms with E-state index in [0.717, 1.165) is 29.7 Å². The van der Waals surface area contributed by atoms with E-state index < -0.39 is 0 Å². The molecule has 0 radical (unpaired) electrons. The first-order valence-electron chi connectivity index (χ1n) is 12.2. The van der Waals surface area contributed by atoms with Crippen molar-refractivity contribution in [1.82, 2.24) is 0 Å². The zero-order valence-corrected chi connectivity index (χ0v) is 22.1. The lowest BCUT2D eigenvalue weighted by Crippen LogP contribution is -2.25. The number of allylic oxidation sites excluding steroid dienone is 7. The molecule has 0 spiro atoms. The molecule has 0 amide bonds. The van der Waals surface area contributed by atoms with Gasteiger partial charge in [0.25, 0.3) is 0 Å². The lowest BCUT2D eigenvalue weighted by Gasteiger charge is -2.37. The molecule has 0 saturated carbocycles. The van der Waals surface area contributed by atoms with Gasteiger partial charge in [0.1, 0.15) is 5.75 Å². The first kappa shape index (κ1) is 26.7. The van der Waals surface area contributed by atoms with Crippen LogP contribution >= 0.6 is 0 Å². The predicted molar refractivity (Wildman–Crippen MR) is 140 cm³/mol. The second kappa shape index (κ2) is 11.0. The van der Waals surface area contributed by atoms with Crippen molar-refractivity contribution in [2.45, 2.75) is 80.6 Å². The van der Waals surface area contributed by atoms with Crippen LogP contribution < -0.4 is 4.74 Å². The molecule has 33 heavy (non-hydrogen) atoms. The number of rotatable bonds is 8. The van der Waals surface area contributed by atoms with Crippen molar-refractivity contribution in [2.75, 3.05) is 13.2 Å². The van der Waals surface area contributed by atoms with Gasteiger partial charge in [-0.05, 0) is 84.4 Å². The van der Waals surface area contributed by atoms with Crippen LogP contribution in [0.3, 0.4) is 0 Å². The molecule has 1 aliphatic carbocycles. The number of benzene rings is 1. The topological polar surface area (TPSA) is 35.5 Å². The highest BCUT2D eigenvalue weighted by atomic mass is 16.5. The Balaban J connectivity index is 2.58. The molecular formula is C30H42O3. The summed E-state index contributed by atoms with van der Waals surface area (Å²) in [4.78, 5) is 11.7. The van der Waals surface area contributed by atoms with Crippen molar-refractivity contribution in [3.63, 3.8) is 0 Å². The highest BCUT2D eigenvalue weighted by molar-refractivity contribution is 5.83. The van der Waals surface area contributed by atoms with Gasteiger partial charge in [-0.3, -0.25) is 0 Å². The smallest absolute Gasteiger partial charge is 0.330 e. The fourth-order valence-electron chi connectivity index (χ4n) is 4.31. The van der Waals surface area contributed by atoms with Gasteiger partial charge in [0.05, 0.1) is 13.2 Å². The molecule has 1 aromatic rings. The third kappa shape index (κ3) is 6.72. The number of ether oxygens (including phenoxy) is 2. The molecule has 3 heteroatoms. The molecule has 1 aliphatic rings. The number of fused-ring (bicyclic) bond motifs is 1. The Hall–Kier alpha value is -2.55. The monoisotopic (exact) mass is 450 g/mol. The van der Waals surface area contributed by atoms with Crippen molar-refractivity contribution in [3.8, 4) is 5.75 Å². The average Bonchev–Trinajstić information content (AvgIpc) is 2.71. The number of carbonyl (C=O) groups excluding carboxylic acids is 1. The zero-order chi connectivity index (χ0) is 24.8. The minimum atomic E-state index is -0.309. The van der Waals surface area contributed by atoms with E-state index in [2.05, 4.69) is 65.8 Å². The summed E-state index contributed by atoms with van der Waals surface area (Å²) in [6.45, 7) is 20.4. The summed E-state index contributed by atoms with van der Waals surface area (Å²) in [5.41, 5.74) is 7.44. The minimum absolute atomic E-state index is 0.0689. The third-order valence-electron chi connectivity index (χ3n) is 6.08. The quantitative estimate of drug-likeness (QED) is 0.228. The maximum atomic E-state index is 11.7. The molecule has 0 atom stereocenters. The molecule has 2 rings (SSSR count). The molecule has 0 bridgehead atoms. The van der Waals surface area contributed by atoms with E-state index in [0.29, 0.717) is 13.2 Å². The maximum absolute atomic E-state index is 11.7. The van der Waals surface area contributed by atoms with E-state index in [1.54, 1.807) is 0 Å². The molecule has 0 N–H and O–H groups in total. The Morgan fingerprint density at radius 1 is 1.12 bits per heavy atom. The second-order valence-corrected chi connectivity index (χ2v) is 10.3. The SMILES string of the molecule is CCOC(=O)/C=C(C)/C=C/C=C(/CC)c1cc2c(cc1OCC)C(C)(C)CC=C2C(C)(C)C. The Kier molecular flexibility index (Phi) is 8.94. The summed E-state index contributed by atoms with van der Waals surface area (Å²) in [6, 6.07) is 4.61. The largest absolute Gasteiger partial charge is 0.493 e. The van der Waals surface area contributed by atoms with Crippen LogP contribution in [0, 0.1) is 5.41 Å². The van der Waals surface area contributed by atoms with Crippen LogP contribution in [0.2, 0.25) is 0 Å². The fourth-order valence-corrected chi connectivity index (χ4v) is 4.31. The van der Waals surface area contributed by atoms with Gasteiger partial charge in [-0.1, -0.05) is 65.8 Å². The molecule has 0 aliphatic heterocycles. The lowest BCUT2D eigenvalue weighted by atomic mass is 9.67. The van der Waals surface area contributed by atoms with Crippen molar-refractivity contribution in [2.24, 2.45) is 5.41 Å². The van der Waals surface area contributed by atoms with E-state index in [-0.39, 0.29) is 16.8 Å². The number of hydrogen-bond donors (Lipinski definition) is 0. The fraction of sp³-hybridized carbons (Fsp3) is 0.500. The first-order valence-corrected chi connectivity index (χ1v) is 12.2. The standard InChI is InChI=1S/C30H42O3/c1-10-22(15-13-14-21(4)18-28(31)33-12-3)23-19-24-25(29(5,6)7)16-17-30(8,9)26(24)20-27(23)32-11-2/h13-16,18-20H,10-12,17H2,1-9H3/b14-13+,21-18+,22-15-. The Labute approximate surface area is 201 Å². The second-order valence-electron chi connectivity index (χ2n) is 10.3. The van der Waals surface area contributed by atoms with Crippen LogP contribution in [-0.4, -0.2) is 19.2 Å². The van der Waals surface area contributed by atoms with E-state index in [1.165, 1.54) is 28.3 Å². The summed E-state index contributed by atoms with van der Waals surface area (Å²) >= 11 is 0. The molecular weight excluding hydrogens is 408 g/mol. The van der Waals surface area contributed by atoms with Crippen LogP contribution in [0.25, 0.3) is 11.1 Å². The first-order chi connectivity index (χ1) is 15.4. The van der Waals surface area contributed by atoms with Crippen molar-refractivity contribution >= 4 is 17.1 Å². The van der Waals surface area contributed by atoms with Gasteiger partial charge >= 0.3 is 5.97 Å². The van der Waals surface area contributed by atoms with Gasteiger partial charge in [-0.25, -0.2) is 4.79 Å². The Morgan fingerprint density at radius 3 is 2.39 bits per heavy atom. The number of esters is 1. The van der Waals surface area contributed by atoms with Gasteiger partial charge in [-0.15, -0.1) is 0 Å². The van der Waals surface area contributed by atoms with E-state index in [4.69, 9.17) is 9.47 Å². The molecule has 0 unspecified atom stereocenters. The summed E-state index contributed by atoms with van der Waals surface area (Å²) in [5.74, 6) is 0.636. The van der Waals surface area contributed by atoms with Crippen LogP contribution in [-0.2, 0) is 14.9 Å². The average molecular weight is 451 g/mol. The van der Waals surface area contributed by atoms with Gasteiger partial charge in [0, 0.05) is 11.6 Å². The number of hydrogen-bond acceptors (Lipinski definition) is 3. The molecule has 1 aromatic carbocycles. The molecule has 0 saturated heterocycles. The molecule has 3 nitrogen and oxygen atoms in total. The number of carbonyl (C=O) groups is 1. The molecule has 0 heterocycles. The van der Waals surface area contributed by atoms with Crippen molar-refractivity contribution < 1.29 is 14.3 Å². The van der Waals surface area contributed by atoms with Gasteiger partial charge < -0.3 is 9.47 Å². The van der Waals surface area contributed by atoms with Crippen LogP contribution in [0.4, 0.5) is 0 Å². The Morgan fingerprint density at radius 2 is 1.82 bits per heavy atom. The predicted octanol–water partition coefficient (Wildman–Crippen LogP) is 8.06. The summed E-state index contributed by atoms with van der Waals surface area (Å²) in [6.07, 6.45) is 11.9. The summed E-state index contributed by atoms with van der Waals surface area (Å²) < 4.78 is 11.1. The van der Waals surface area contributed by atoms with Gasteiger partial charge in [-0.2, -0.15) is 0 Å². The molecule has 0 fully saturated rings. The van der Waals surface area contributed by atoms with Gasteiger partial charge in [0.15, 0.2) is 0 Å². The summed E-state index contributed by atoms with van der Waals surface area (Å²) in [5, 5.41) is 0. The van der Waals surface area contributed by atoms with Crippen LogP contribution in [0.5, 0.6) is 5.75 Å². The zero-order valence-electron chi connectivity index (χ0n) is 22.1. The van der Waals surface area contributed by atoms with E-state index in [1.807, 2.05) is 32.9 Å². The summed E-state index contributed by atoms with van der Waals surface area (Å²) in [7, 11) is 0. The Bertz CT molecular complexity index is 979. The van der Waals surface area contributed by atoms with Crippen LogP contribution in [0.1, 0.15) is 91.8 Å². The van der Waals surface area contributed by atoms with Crippen LogP contribution in [0.15, 0.2) is 48.1 Å². The highest BCUT2D eigenvalue weighted by Gasteiger charge is 2.33. The minimum Gasteiger partial charge on any atom is -0.493 e. The van der Waals surface area contributed by atoms with Crippen molar-refractivity contribution in [3.05, 3.63) is 64.8 Å². The molecule has 0 aromatic heterocycles.